The molecule has 1 fully saturated rings. The van der Waals surface area contributed by atoms with E-state index in [2.05, 4.69) is 0 Å². The number of halogens is 2. The van der Waals surface area contributed by atoms with Crippen molar-refractivity contribution in [2.45, 2.75) is 24.5 Å². The summed E-state index contributed by atoms with van der Waals surface area (Å²) >= 11 is 0. The van der Waals surface area contributed by atoms with Crippen molar-refractivity contribution in [1.29, 1.82) is 0 Å². The number of Topliss-reactive ketones (excluding diaryl/α,β-unsaturated/α-hetero) is 2. The third-order valence-corrected chi connectivity index (χ3v) is 6.64. The van der Waals surface area contributed by atoms with E-state index in [1.165, 1.54) is 17.0 Å². The number of phenolic OH excluding ortho intramolecular Hbond substituents is 1. The maximum Gasteiger partial charge on any atom is 0.255 e. The van der Waals surface area contributed by atoms with Gasteiger partial charge in [0, 0.05) is 17.2 Å². The zero-order valence-electron chi connectivity index (χ0n) is 17.7. The number of nitrogens with two attached hydrogens (primary N) is 2. The number of hydrogen-bond donors (Lipinski definition) is 6. The highest BCUT2D eigenvalue weighted by atomic mass is 35.5. The molecule has 1 saturated carbocycles. The molecular weight excluding hydrogens is 477 g/mol. The Bertz CT molecular complexity index is 1130. The third kappa shape index (κ3) is 3.36. The molecule has 0 heterocycles. The molecule has 0 radical (unpaired) electrons. The zero-order chi connectivity index (χ0) is 23.0. The lowest BCUT2D eigenvalue weighted by atomic mass is 9.57. The van der Waals surface area contributed by atoms with Crippen molar-refractivity contribution in [3.8, 4) is 5.75 Å². The van der Waals surface area contributed by atoms with Gasteiger partial charge in [-0.05, 0) is 50.6 Å². The van der Waals surface area contributed by atoms with Gasteiger partial charge in [-0.15, -0.1) is 24.8 Å². The van der Waals surface area contributed by atoms with Crippen LogP contribution in [0.5, 0.6) is 5.75 Å². The van der Waals surface area contributed by atoms with E-state index in [0.717, 1.165) is 0 Å². The van der Waals surface area contributed by atoms with Crippen LogP contribution >= 0.6 is 24.8 Å². The number of ketones is 2. The van der Waals surface area contributed by atoms with Crippen LogP contribution in [0.3, 0.4) is 0 Å². The molecule has 3 aliphatic carbocycles. The Labute approximate surface area is 201 Å². The maximum absolute atomic E-state index is 13.5. The second kappa shape index (κ2) is 8.53. The van der Waals surface area contributed by atoms with Crippen molar-refractivity contribution < 1.29 is 34.8 Å². The van der Waals surface area contributed by atoms with Gasteiger partial charge in [-0.3, -0.25) is 19.3 Å². The minimum atomic E-state index is -2.64. The number of aliphatic hydroxyl groups excluding tert-OH is 2. The van der Waals surface area contributed by atoms with Crippen molar-refractivity contribution in [3.05, 3.63) is 40.2 Å². The number of nitrogen functional groups attached to an aromatic ring is 1. The number of primary amides is 1. The summed E-state index contributed by atoms with van der Waals surface area (Å²) < 4.78 is 0. The molecule has 12 heteroatoms. The number of rotatable bonds is 2. The molecule has 0 aliphatic heterocycles. The fourth-order valence-electron chi connectivity index (χ4n) is 5.27. The van der Waals surface area contributed by atoms with Gasteiger partial charge in [0.2, 0.25) is 5.78 Å². The van der Waals surface area contributed by atoms with E-state index in [0.29, 0.717) is 11.3 Å². The van der Waals surface area contributed by atoms with Crippen LogP contribution in [0.25, 0.3) is 5.76 Å². The van der Waals surface area contributed by atoms with Crippen LogP contribution < -0.4 is 11.5 Å². The van der Waals surface area contributed by atoms with Gasteiger partial charge in [0.25, 0.3) is 5.91 Å². The number of aromatic hydroxyl groups is 1. The SMILES string of the molecule is CN(C)C1C(=O)C(C(N)=O)=C(O)C2(O)C(=O)C3=C(O)c4c(O)ccc(N)c4CC3CC12.Cl.Cl. The summed E-state index contributed by atoms with van der Waals surface area (Å²) in [6.45, 7) is 0. The minimum Gasteiger partial charge on any atom is -0.508 e. The third-order valence-electron chi connectivity index (χ3n) is 6.64. The molecule has 0 spiro atoms. The number of carbonyl (C=O) groups excluding carboxylic acids is 3. The van der Waals surface area contributed by atoms with Crippen LogP contribution in [0.1, 0.15) is 17.5 Å². The number of carbonyl (C=O) groups is 3. The molecular formula is C21H25Cl2N3O7. The second-order valence-corrected chi connectivity index (χ2v) is 8.49. The first-order valence-corrected chi connectivity index (χ1v) is 9.68. The summed E-state index contributed by atoms with van der Waals surface area (Å²) in [5.41, 5.74) is 8.35. The first-order chi connectivity index (χ1) is 14.4. The second-order valence-electron chi connectivity index (χ2n) is 8.49. The molecule has 0 aromatic heterocycles. The minimum absolute atomic E-state index is 0. The molecule has 4 unspecified atom stereocenters. The van der Waals surface area contributed by atoms with Crippen LogP contribution in [0.4, 0.5) is 5.69 Å². The fraction of sp³-hybridized carbons (Fsp3) is 0.381. The normalized spacial score (nSPS) is 28.4. The van der Waals surface area contributed by atoms with Crippen LogP contribution in [-0.2, 0) is 20.8 Å². The molecule has 33 heavy (non-hydrogen) atoms. The van der Waals surface area contributed by atoms with Gasteiger partial charge >= 0.3 is 0 Å². The Morgan fingerprint density at radius 3 is 2.30 bits per heavy atom. The van der Waals surface area contributed by atoms with Gasteiger partial charge < -0.3 is 31.9 Å². The van der Waals surface area contributed by atoms with Crippen LogP contribution in [0, 0.1) is 11.8 Å². The van der Waals surface area contributed by atoms with Gasteiger partial charge in [0.15, 0.2) is 11.4 Å². The fourth-order valence-corrected chi connectivity index (χ4v) is 5.27. The van der Waals surface area contributed by atoms with Gasteiger partial charge in [-0.1, -0.05) is 0 Å². The summed E-state index contributed by atoms with van der Waals surface area (Å²) in [5.74, 6) is -6.80. The molecule has 1 aromatic rings. The van der Waals surface area contributed by atoms with E-state index in [-0.39, 0.29) is 54.5 Å². The number of likely N-dealkylation sites (N-methyl/N-ethyl adjacent to an activating group) is 1. The molecule has 4 atom stereocenters. The van der Waals surface area contributed by atoms with Crippen molar-refractivity contribution in [2.75, 3.05) is 19.8 Å². The van der Waals surface area contributed by atoms with Gasteiger partial charge in [-0.2, -0.15) is 0 Å². The molecule has 1 amide bonds. The predicted molar refractivity (Wildman–Crippen MR) is 123 cm³/mol. The summed E-state index contributed by atoms with van der Waals surface area (Å²) in [5, 5.41) is 43.3. The number of aliphatic hydroxyl groups is 3. The average Bonchev–Trinajstić information content (AvgIpc) is 2.67. The Kier molecular flexibility index (Phi) is 6.84. The molecule has 3 aliphatic rings. The van der Waals surface area contributed by atoms with Crippen molar-refractivity contribution in [1.82, 2.24) is 4.90 Å². The Morgan fingerprint density at radius 1 is 1.15 bits per heavy atom. The monoisotopic (exact) mass is 501 g/mol. The van der Waals surface area contributed by atoms with Gasteiger partial charge in [0.05, 0.1) is 11.6 Å². The predicted octanol–water partition coefficient (Wildman–Crippen LogP) is 0.390. The number of benzene rings is 1. The smallest absolute Gasteiger partial charge is 0.255 e. The van der Waals surface area contributed by atoms with E-state index < -0.39 is 58.0 Å². The number of phenols is 1. The highest BCUT2D eigenvalue weighted by Gasteiger charge is 2.64. The molecule has 180 valence electrons. The lowest BCUT2D eigenvalue weighted by Gasteiger charge is -2.50. The van der Waals surface area contributed by atoms with Crippen molar-refractivity contribution >= 4 is 53.7 Å². The molecule has 0 bridgehead atoms. The number of fused-ring (bicyclic) bond motifs is 3. The largest absolute Gasteiger partial charge is 0.508 e. The first kappa shape index (κ1) is 26.5. The lowest BCUT2D eigenvalue weighted by molar-refractivity contribution is -0.153. The standard InChI is InChI=1S/C21H23N3O7.2ClH/c1-24(2)15-9-6-7-5-8-10(22)3-4-11(25)13(8)16(26)12(7)18(28)21(9,31)19(29)14(17(15)27)20(23)30;;/h3-4,7,9,15,25-26,29,31H,5-6,22H2,1-2H3,(H2,23,30);2*1H. The molecule has 8 N–H and O–H groups in total. The van der Waals surface area contributed by atoms with E-state index in [4.69, 9.17) is 11.5 Å². The van der Waals surface area contributed by atoms with E-state index >= 15 is 0 Å². The number of hydrogen-bond acceptors (Lipinski definition) is 9. The van der Waals surface area contributed by atoms with Crippen molar-refractivity contribution in [3.63, 3.8) is 0 Å². The van der Waals surface area contributed by atoms with E-state index in [9.17, 15) is 34.8 Å². The van der Waals surface area contributed by atoms with E-state index in [1.54, 1.807) is 14.1 Å². The van der Waals surface area contributed by atoms with Crippen LogP contribution in [-0.4, -0.2) is 68.5 Å². The number of nitrogens with zero attached hydrogens (tertiary/aromatic N) is 1. The summed E-state index contributed by atoms with van der Waals surface area (Å²) in [6, 6.07) is 1.65. The summed E-state index contributed by atoms with van der Waals surface area (Å²) in [4.78, 5) is 39.8. The number of amides is 1. The molecule has 1 aromatic carbocycles. The number of anilines is 1. The molecule has 10 nitrogen and oxygen atoms in total. The summed E-state index contributed by atoms with van der Waals surface area (Å²) in [7, 11) is 3.09. The Morgan fingerprint density at radius 2 is 1.76 bits per heavy atom. The quantitative estimate of drug-likeness (QED) is 0.189. The first-order valence-electron chi connectivity index (χ1n) is 9.68. The maximum atomic E-state index is 13.5. The lowest BCUT2D eigenvalue weighted by Crippen LogP contribution is -2.65. The molecule has 0 saturated heterocycles. The Hall–Kier alpha value is -2.79. The topological polar surface area (TPSA) is 187 Å². The highest BCUT2D eigenvalue weighted by Crippen LogP contribution is 2.53. The Balaban J connectivity index is 0.00000193. The highest BCUT2D eigenvalue weighted by molar-refractivity contribution is 6.24. The summed E-state index contributed by atoms with van der Waals surface area (Å²) in [6.07, 6.45) is 0.204. The van der Waals surface area contributed by atoms with Crippen LogP contribution in [0.15, 0.2) is 29.0 Å². The zero-order valence-corrected chi connectivity index (χ0v) is 19.4. The van der Waals surface area contributed by atoms with Gasteiger partial charge in [-0.25, -0.2) is 0 Å². The van der Waals surface area contributed by atoms with Gasteiger partial charge in [0.1, 0.15) is 22.8 Å². The average molecular weight is 502 g/mol. The molecule has 4 rings (SSSR count). The van der Waals surface area contributed by atoms with E-state index in [1.807, 2.05) is 0 Å². The van der Waals surface area contributed by atoms with Crippen molar-refractivity contribution in [2.24, 2.45) is 17.6 Å². The van der Waals surface area contributed by atoms with Crippen LogP contribution in [0.2, 0.25) is 0 Å².